The molecule has 10 nitrogen and oxygen atoms in total. The minimum absolute atomic E-state index is 0.0324. The van der Waals surface area contributed by atoms with Gasteiger partial charge < -0.3 is 24.8 Å². The topological polar surface area (TPSA) is 110 Å². The number of carbonyl (C=O) groups is 1. The lowest BCUT2D eigenvalue weighted by molar-refractivity contribution is 0.102. The fraction of sp³-hybridized carbons (Fsp3) is 0.233. The van der Waals surface area contributed by atoms with Crippen molar-refractivity contribution in [1.29, 1.82) is 0 Å². The zero-order valence-electron chi connectivity index (χ0n) is 22.8. The molecule has 2 atom stereocenters. The zero-order valence-corrected chi connectivity index (χ0v) is 22.8. The number of aryl methyl sites for hydroxylation is 1. The number of rotatable bonds is 6. The van der Waals surface area contributed by atoms with Gasteiger partial charge in [0.15, 0.2) is 11.6 Å². The number of halogens is 2. The molecule has 0 radical (unpaired) electrons. The molecule has 0 spiro atoms. The average molecular weight is 569 g/mol. The molecular weight excluding hydrogens is 542 g/mol. The van der Waals surface area contributed by atoms with Crippen molar-refractivity contribution < 1.29 is 18.3 Å². The number of amides is 1. The lowest BCUT2D eigenvalue weighted by Gasteiger charge is -2.31. The fourth-order valence-corrected chi connectivity index (χ4v) is 5.95. The molecule has 2 bridgehead atoms. The third-order valence-electron chi connectivity index (χ3n) is 7.94. The van der Waals surface area contributed by atoms with Crippen LogP contribution in [0.1, 0.15) is 16.9 Å². The Balaban J connectivity index is 1.31. The van der Waals surface area contributed by atoms with Crippen LogP contribution in [0.2, 0.25) is 0 Å². The normalized spacial score (nSPS) is 17.7. The molecule has 2 N–H and O–H groups in total. The predicted molar refractivity (Wildman–Crippen MR) is 153 cm³/mol. The molecule has 3 aromatic heterocycles. The highest BCUT2D eigenvalue weighted by Crippen LogP contribution is 2.41. The quantitative estimate of drug-likeness (QED) is 0.314. The van der Waals surface area contributed by atoms with E-state index in [1.807, 2.05) is 23.7 Å². The van der Waals surface area contributed by atoms with Crippen molar-refractivity contribution in [2.75, 3.05) is 30.4 Å². The Kier molecular flexibility index (Phi) is 6.27. The summed E-state index contributed by atoms with van der Waals surface area (Å²) in [4.78, 5) is 33.2. The summed E-state index contributed by atoms with van der Waals surface area (Å²) in [5.74, 6) is -0.778. The number of nitrogens with one attached hydrogen (secondary N) is 2. The van der Waals surface area contributed by atoms with Crippen LogP contribution in [-0.4, -0.2) is 62.7 Å². The van der Waals surface area contributed by atoms with Crippen molar-refractivity contribution in [3.05, 3.63) is 78.4 Å². The number of benzene rings is 2. The van der Waals surface area contributed by atoms with Gasteiger partial charge in [-0.25, -0.2) is 23.7 Å². The van der Waals surface area contributed by atoms with Gasteiger partial charge in [0.2, 0.25) is 0 Å². The number of ether oxygens (including phenoxy) is 1. The first-order valence-electron chi connectivity index (χ1n) is 13.5. The molecule has 2 saturated heterocycles. The summed E-state index contributed by atoms with van der Waals surface area (Å²) in [6.45, 7) is 1.56. The Morgan fingerprint density at radius 1 is 1.10 bits per heavy atom. The van der Waals surface area contributed by atoms with E-state index in [4.69, 9.17) is 9.72 Å². The molecular formula is C30H26F2N8O2. The lowest BCUT2D eigenvalue weighted by Crippen LogP contribution is -2.44. The summed E-state index contributed by atoms with van der Waals surface area (Å²) in [5, 5.41) is 6.51. The Morgan fingerprint density at radius 3 is 2.74 bits per heavy atom. The van der Waals surface area contributed by atoms with Gasteiger partial charge in [0.1, 0.15) is 28.6 Å². The van der Waals surface area contributed by atoms with Crippen molar-refractivity contribution in [3.63, 3.8) is 0 Å². The number of pyridine rings is 1. The van der Waals surface area contributed by atoms with Gasteiger partial charge in [-0.15, -0.1) is 0 Å². The van der Waals surface area contributed by atoms with Gasteiger partial charge in [-0.3, -0.25) is 9.78 Å². The third kappa shape index (κ3) is 4.22. The predicted octanol–water partition coefficient (Wildman–Crippen LogP) is 4.18. The van der Waals surface area contributed by atoms with E-state index in [0.717, 1.165) is 30.7 Å². The van der Waals surface area contributed by atoms with Crippen LogP contribution >= 0.6 is 0 Å². The maximum Gasteiger partial charge on any atom is 0.274 e. The number of nitrogens with zero attached hydrogens (tertiary/aromatic N) is 6. The number of aromatic nitrogens is 5. The van der Waals surface area contributed by atoms with Crippen molar-refractivity contribution >= 4 is 28.3 Å². The van der Waals surface area contributed by atoms with Crippen LogP contribution in [0.3, 0.4) is 0 Å². The molecule has 2 aliphatic heterocycles. The highest BCUT2D eigenvalue weighted by atomic mass is 19.1. The van der Waals surface area contributed by atoms with E-state index in [1.54, 1.807) is 12.1 Å². The molecule has 0 saturated carbocycles. The van der Waals surface area contributed by atoms with E-state index in [0.29, 0.717) is 28.6 Å². The Bertz CT molecular complexity index is 1860. The molecule has 0 unspecified atom stereocenters. The highest BCUT2D eigenvalue weighted by Gasteiger charge is 2.40. The minimum Gasteiger partial charge on any atom is -0.496 e. The Hall–Kier alpha value is -4.97. The molecule has 7 rings (SSSR count). The maximum atomic E-state index is 14.7. The van der Waals surface area contributed by atoms with Gasteiger partial charge in [-0.1, -0.05) is 6.07 Å². The number of anilines is 2. The smallest absolute Gasteiger partial charge is 0.274 e. The van der Waals surface area contributed by atoms with Gasteiger partial charge in [0.25, 0.3) is 5.91 Å². The van der Waals surface area contributed by atoms with Crippen LogP contribution in [0.4, 0.5) is 20.2 Å². The fourth-order valence-electron chi connectivity index (χ4n) is 5.95. The van der Waals surface area contributed by atoms with E-state index in [-0.39, 0.29) is 28.9 Å². The molecule has 0 aliphatic carbocycles. The summed E-state index contributed by atoms with van der Waals surface area (Å²) >= 11 is 0. The summed E-state index contributed by atoms with van der Waals surface area (Å²) in [5.41, 5.74) is 3.21. The minimum atomic E-state index is -0.561. The van der Waals surface area contributed by atoms with Crippen LogP contribution in [-0.2, 0) is 7.05 Å². The van der Waals surface area contributed by atoms with E-state index in [9.17, 15) is 13.6 Å². The molecule has 42 heavy (non-hydrogen) atoms. The van der Waals surface area contributed by atoms with Gasteiger partial charge in [-0.05, 0) is 42.8 Å². The number of hydrogen-bond donors (Lipinski definition) is 2. The first-order chi connectivity index (χ1) is 20.4. The molecule has 2 aromatic carbocycles. The molecule has 212 valence electrons. The zero-order chi connectivity index (χ0) is 29.0. The SMILES string of the molecule is COc1cccc(F)c1-c1nccc(C(=O)Nc2ccc3c(nc(-c4ccncc4F)n3C)c2N2C[C@@H]3C[C@H]2CN3)n1. The van der Waals surface area contributed by atoms with Crippen LogP contribution in [0.25, 0.3) is 33.8 Å². The van der Waals surface area contributed by atoms with E-state index in [2.05, 4.69) is 30.5 Å². The number of methoxy groups -OCH3 is 1. The first kappa shape index (κ1) is 26.0. The average Bonchev–Trinajstić information content (AvgIpc) is 3.72. The second-order valence-corrected chi connectivity index (χ2v) is 10.4. The van der Waals surface area contributed by atoms with Crippen LogP contribution in [0, 0.1) is 11.6 Å². The number of carbonyl (C=O) groups excluding carboxylic acids is 1. The van der Waals surface area contributed by atoms with Crippen molar-refractivity contribution in [2.45, 2.75) is 18.5 Å². The summed E-state index contributed by atoms with van der Waals surface area (Å²) in [7, 11) is 3.27. The van der Waals surface area contributed by atoms with Crippen molar-refractivity contribution in [1.82, 2.24) is 29.8 Å². The molecule has 12 heteroatoms. The number of imidazole rings is 1. The van der Waals surface area contributed by atoms with Gasteiger partial charge >= 0.3 is 0 Å². The standard InChI is InChI=1S/C30H26F2N8O2/c1-39-23-7-6-21(37-30(41)22-9-11-34-28(36-22)25-19(31)4-3-5-24(25)42-2)27(40-15-16-12-17(40)13-35-16)26(23)38-29(39)18-8-10-33-14-20(18)32/h3-11,14,16-17,35H,12-13,15H2,1-2H3,(H,37,41)/t16-,17-/m0/s1. The third-order valence-corrected chi connectivity index (χ3v) is 7.94. The van der Waals surface area contributed by atoms with E-state index < -0.39 is 17.5 Å². The van der Waals surface area contributed by atoms with Crippen LogP contribution < -0.4 is 20.3 Å². The summed E-state index contributed by atoms with van der Waals surface area (Å²) in [6.07, 6.45) is 5.08. The molecule has 2 fully saturated rings. The van der Waals surface area contributed by atoms with Crippen LogP contribution in [0.5, 0.6) is 5.75 Å². The van der Waals surface area contributed by atoms with Gasteiger partial charge in [0.05, 0.1) is 41.3 Å². The largest absolute Gasteiger partial charge is 0.496 e. The van der Waals surface area contributed by atoms with Crippen molar-refractivity contribution in [3.8, 4) is 28.5 Å². The van der Waals surface area contributed by atoms with Gasteiger partial charge in [-0.2, -0.15) is 0 Å². The molecule has 5 heterocycles. The molecule has 5 aromatic rings. The summed E-state index contributed by atoms with van der Waals surface area (Å²) in [6, 6.07) is 11.7. The Labute approximate surface area is 239 Å². The molecule has 1 amide bonds. The molecule has 2 aliphatic rings. The van der Waals surface area contributed by atoms with Gasteiger partial charge in [0, 0.05) is 44.6 Å². The second-order valence-electron chi connectivity index (χ2n) is 10.4. The maximum absolute atomic E-state index is 14.7. The lowest BCUT2D eigenvalue weighted by atomic mass is 10.1. The second kappa shape index (κ2) is 10.1. The Morgan fingerprint density at radius 2 is 1.98 bits per heavy atom. The van der Waals surface area contributed by atoms with E-state index >= 15 is 0 Å². The highest BCUT2D eigenvalue weighted by molar-refractivity contribution is 6.09. The monoisotopic (exact) mass is 568 g/mol. The number of hydrogen-bond acceptors (Lipinski definition) is 8. The summed E-state index contributed by atoms with van der Waals surface area (Å²) < 4.78 is 36.6. The number of fused-ring (bicyclic) bond motifs is 3. The van der Waals surface area contributed by atoms with Crippen molar-refractivity contribution in [2.24, 2.45) is 7.05 Å². The number of piperazine rings is 1. The first-order valence-corrected chi connectivity index (χ1v) is 13.5. The van der Waals surface area contributed by atoms with E-state index in [1.165, 1.54) is 43.9 Å². The van der Waals surface area contributed by atoms with Crippen LogP contribution in [0.15, 0.2) is 61.1 Å².